The van der Waals surface area contributed by atoms with E-state index >= 15 is 0 Å². The number of rotatable bonds is 4. The zero-order chi connectivity index (χ0) is 14.7. The number of carbonyl (C=O) groups excluding carboxylic acids is 1. The van der Waals surface area contributed by atoms with Crippen molar-refractivity contribution >= 4 is 5.91 Å². The van der Waals surface area contributed by atoms with Gasteiger partial charge in [0.05, 0.1) is 12.5 Å². The van der Waals surface area contributed by atoms with Crippen LogP contribution in [-0.2, 0) is 11.3 Å². The number of hydrogen-bond donors (Lipinski definition) is 1. The van der Waals surface area contributed by atoms with Gasteiger partial charge in [-0.05, 0) is 6.92 Å². The standard InChI is InChI=1S/C13H23N5O2/c1-9(10(2)14)13(19)18-6-4-17(5-7-18)8-12-15-11(3)20-16-12/h9-10H,4-8,14H2,1-3H3. The Balaban J connectivity index is 1.82. The summed E-state index contributed by atoms with van der Waals surface area (Å²) in [5, 5.41) is 3.89. The molecule has 1 amide bonds. The molecule has 7 heteroatoms. The lowest BCUT2D eigenvalue weighted by atomic mass is 10.0. The maximum absolute atomic E-state index is 12.2. The fourth-order valence-electron chi connectivity index (χ4n) is 2.24. The zero-order valence-electron chi connectivity index (χ0n) is 12.4. The summed E-state index contributed by atoms with van der Waals surface area (Å²) in [7, 11) is 0. The van der Waals surface area contributed by atoms with E-state index in [0.717, 1.165) is 26.2 Å². The number of piperazine rings is 1. The van der Waals surface area contributed by atoms with Crippen molar-refractivity contribution in [2.75, 3.05) is 26.2 Å². The first-order valence-corrected chi connectivity index (χ1v) is 7.03. The molecule has 2 atom stereocenters. The maximum atomic E-state index is 12.2. The zero-order valence-corrected chi connectivity index (χ0v) is 12.4. The van der Waals surface area contributed by atoms with Crippen molar-refractivity contribution in [1.82, 2.24) is 19.9 Å². The molecule has 1 aliphatic rings. The third-order valence-electron chi connectivity index (χ3n) is 3.80. The van der Waals surface area contributed by atoms with Crippen molar-refractivity contribution < 1.29 is 9.32 Å². The van der Waals surface area contributed by atoms with E-state index in [1.807, 2.05) is 18.7 Å². The molecule has 0 aromatic carbocycles. The van der Waals surface area contributed by atoms with Crippen LogP contribution in [0.2, 0.25) is 0 Å². The largest absolute Gasteiger partial charge is 0.340 e. The van der Waals surface area contributed by atoms with Crippen molar-refractivity contribution in [3.8, 4) is 0 Å². The molecule has 112 valence electrons. The van der Waals surface area contributed by atoms with Crippen molar-refractivity contribution in [2.45, 2.75) is 33.4 Å². The Kier molecular flexibility index (Phi) is 4.72. The normalized spacial score (nSPS) is 19.9. The summed E-state index contributed by atoms with van der Waals surface area (Å²) in [6.45, 7) is 9.32. The number of carbonyl (C=O) groups is 1. The van der Waals surface area contributed by atoms with Crippen LogP contribution in [-0.4, -0.2) is 58.1 Å². The van der Waals surface area contributed by atoms with Gasteiger partial charge in [-0.25, -0.2) is 0 Å². The summed E-state index contributed by atoms with van der Waals surface area (Å²) >= 11 is 0. The first-order valence-electron chi connectivity index (χ1n) is 7.03. The summed E-state index contributed by atoms with van der Waals surface area (Å²) in [6.07, 6.45) is 0. The topological polar surface area (TPSA) is 88.5 Å². The van der Waals surface area contributed by atoms with E-state index in [0.29, 0.717) is 18.3 Å². The lowest BCUT2D eigenvalue weighted by molar-refractivity contribution is -0.137. The molecule has 2 rings (SSSR count). The van der Waals surface area contributed by atoms with Crippen molar-refractivity contribution in [2.24, 2.45) is 11.7 Å². The Labute approximate surface area is 119 Å². The maximum Gasteiger partial charge on any atom is 0.227 e. The Morgan fingerprint density at radius 1 is 1.35 bits per heavy atom. The Morgan fingerprint density at radius 3 is 2.50 bits per heavy atom. The third-order valence-corrected chi connectivity index (χ3v) is 3.80. The average molecular weight is 281 g/mol. The van der Waals surface area contributed by atoms with Crippen LogP contribution in [0.4, 0.5) is 0 Å². The minimum absolute atomic E-state index is 0.108. The highest BCUT2D eigenvalue weighted by atomic mass is 16.5. The van der Waals surface area contributed by atoms with Gasteiger partial charge in [0.25, 0.3) is 0 Å². The Bertz CT molecular complexity index is 451. The fraction of sp³-hybridized carbons (Fsp3) is 0.769. The number of hydrogen-bond acceptors (Lipinski definition) is 6. The second-order valence-electron chi connectivity index (χ2n) is 5.48. The minimum atomic E-state index is -0.124. The van der Waals surface area contributed by atoms with Gasteiger partial charge in [0.1, 0.15) is 0 Å². The van der Waals surface area contributed by atoms with Crippen LogP contribution in [0.1, 0.15) is 25.6 Å². The second kappa shape index (κ2) is 6.32. The molecular weight excluding hydrogens is 258 g/mol. The van der Waals surface area contributed by atoms with E-state index in [4.69, 9.17) is 10.3 Å². The minimum Gasteiger partial charge on any atom is -0.340 e. The fourth-order valence-corrected chi connectivity index (χ4v) is 2.24. The molecule has 2 N–H and O–H groups in total. The van der Waals surface area contributed by atoms with Gasteiger partial charge in [-0.2, -0.15) is 4.98 Å². The first kappa shape index (κ1) is 14.9. The molecule has 1 aromatic heterocycles. The van der Waals surface area contributed by atoms with Crippen LogP contribution in [0.3, 0.4) is 0 Å². The quantitative estimate of drug-likeness (QED) is 0.836. The molecule has 1 aliphatic heterocycles. The molecule has 1 aromatic rings. The molecule has 1 saturated heterocycles. The third kappa shape index (κ3) is 3.55. The van der Waals surface area contributed by atoms with Gasteiger partial charge < -0.3 is 15.2 Å². The van der Waals surface area contributed by atoms with Crippen LogP contribution in [0.25, 0.3) is 0 Å². The number of nitrogens with two attached hydrogens (primary N) is 1. The van der Waals surface area contributed by atoms with Crippen LogP contribution in [0, 0.1) is 12.8 Å². The summed E-state index contributed by atoms with van der Waals surface area (Å²) in [4.78, 5) is 20.5. The van der Waals surface area contributed by atoms with Crippen molar-refractivity contribution in [1.29, 1.82) is 0 Å². The number of aromatic nitrogens is 2. The highest BCUT2D eigenvalue weighted by Crippen LogP contribution is 2.11. The SMILES string of the molecule is Cc1nc(CN2CCN(C(=O)C(C)C(C)N)CC2)no1. The monoisotopic (exact) mass is 281 g/mol. The van der Waals surface area contributed by atoms with E-state index in [1.165, 1.54) is 0 Å². The highest BCUT2D eigenvalue weighted by molar-refractivity contribution is 5.79. The summed E-state index contributed by atoms with van der Waals surface area (Å²) in [5.41, 5.74) is 5.79. The molecule has 0 saturated carbocycles. The first-order chi connectivity index (χ1) is 9.47. The summed E-state index contributed by atoms with van der Waals surface area (Å²) in [6, 6.07) is -0.108. The molecule has 20 heavy (non-hydrogen) atoms. The lowest BCUT2D eigenvalue weighted by Crippen LogP contribution is -2.51. The Morgan fingerprint density at radius 2 is 2.00 bits per heavy atom. The number of aryl methyl sites for hydroxylation is 1. The molecule has 0 bridgehead atoms. The lowest BCUT2D eigenvalue weighted by Gasteiger charge is -2.35. The molecule has 2 heterocycles. The van der Waals surface area contributed by atoms with Crippen LogP contribution >= 0.6 is 0 Å². The molecular formula is C13H23N5O2. The van der Waals surface area contributed by atoms with E-state index in [2.05, 4.69) is 15.0 Å². The average Bonchev–Trinajstić information content (AvgIpc) is 2.83. The predicted octanol–water partition coefficient (Wildman–Crippen LogP) is 0.00552. The van der Waals surface area contributed by atoms with Gasteiger partial charge in [0.15, 0.2) is 5.82 Å². The molecule has 1 fully saturated rings. The van der Waals surface area contributed by atoms with Gasteiger partial charge >= 0.3 is 0 Å². The molecule has 2 unspecified atom stereocenters. The smallest absolute Gasteiger partial charge is 0.227 e. The van der Waals surface area contributed by atoms with Gasteiger partial charge in [0.2, 0.25) is 11.8 Å². The number of amides is 1. The van der Waals surface area contributed by atoms with Crippen LogP contribution < -0.4 is 5.73 Å². The van der Waals surface area contributed by atoms with Gasteiger partial charge in [-0.3, -0.25) is 9.69 Å². The second-order valence-corrected chi connectivity index (χ2v) is 5.48. The van der Waals surface area contributed by atoms with E-state index in [1.54, 1.807) is 6.92 Å². The molecule has 7 nitrogen and oxygen atoms in total. The van der Waals surface area contributed by atoms with Gasteiger partial charge in [0, 0.05) is 39.1 Å². The summed E-state index contributed by atoms with van der Waals surface area (Å²) < 4.78 is 4.96. The molecule has 0 spiro atoms. The molecule has 0 radical (unpaired) electrons. The van der Waals surface area contributed by atoms with Gasteiger partial charge in [-0.1, -0.05) is 12.1 Å². The summed E-state index contributed by atoms with van der Waals surface area (Å²) in [5.74, 6) is 1.31. The molecule has 0 aliphatic carbocycles. The Hall–Kier alpha value is -1.47. The van der Waals surface area contributed by atoms with E-state index in [9.17, 15) is 4.79 Å². The number of nitrogens with zero attached hydrogens (tertiary/aromatic N) is 4. The van der Waals surface area contributed by atoms with Crippen molar-refractivity contribution in [3.05, 3.63) is 11.7 Å². The van der Waals surface area contributed by atoms with Crippen molar-refractivity contribution in [3.63, 3.8) is 0 Å². The van der Waals surface area contributed by atoms with E-state index < -0.39 is 0 Å². The van der Waals surface area contributed by atoms with E-state index in [-0.39, 0.29) is 17.9 Å². The predicted molar refractivity (Wildman–Crippen MR) is 73.7 cm³/mol. The van der Waals surface area contributed by atoms with Crippen LogP contribution in [0.15, 0.2) is 4.52 Å². The van der Waals surface area contributed by atoms with Crippen LogP contribution in [0.5, 0.6) is 0 Å². The highest BCUT2D eigenvalue weighted by Gasteiger charge is 2.27. The van der Waals surface area contributed by atoms with Gasteiger partial charge in [-0.15, -0.1) is 0 Å².